The van der Waals surface area contributed by atoms with Gasteiger partial charge in [-0.2, -0.15) is 10.2 Å². The van der Waals surface area contributed by atoms with Crippen LogP contribution in [0.1, 0.15) is 0 Å². The molecule has 2 N–H and O–H groups in total. The number of hydrogen-bond donors (Lipinski definition) is 2. The standard InChI is InChI=1S/C18H17BrFN3O4/c1-25-4-5-26-18-9-14-11(2-3-22-23-14)6-17(18)27-10-21-15-8-16(24)12(19)7-13(15)20/h2-3,6-9,21,24H,4-5,10H2,1H3. The molecule has 3 aromatic rings. The van der Waals surface area contributed by atoms with Crippen LogP contribution in [-0.2, 0) is 4.74 Å². The quantitative estimate of drug-likeness (QED) is 0.410. The summed E-state index contributed by atoms with van der Waals surface area (Å²) in [5, 5.41) is 21.2. The number of hydrogen-bond acceptors (Lipinski definition) is 7. The summed E-state index contributed by atoms with van der Waals surface area (Å²) >= 11 is 3.06. The molecule has 0 bridgehead atoms. The number of phenolic OH excluding ortho intramolecular Hbond substituents is 1. The van der Waals surface area contributed by atoms with Crippen molar-refractivity contribution in [1.29, 1.82) is 0 Å². The molecule has 0 saturated heterocycles. The number of anilines is 1. The Balaban J connectivity index is 1.76. The number of nitrogens with zero attached hydrogens (tertiary/aromatic N) is 2. The van der Waals surface area contributed by atoms with Gasteiger partial charge in [-0.15, -0.1) is 0 Å². The average molecular weight is 438 g/mol. The van der Waals surface area contributed by atoms with E-state index in [9.17, 15) is 9.50 Å². The molecule has 1 heterocycles. The van der Waals surface area contributed by atoms with Crippen molar-refractivity contribution in [3.05, 3.63) is 46.8 Å². The van der Waals surface area contributed by atoms with E-state index >= 15 is 0 Å². The lowest BCUT2D eigenvalue weighted by atomic mass is 10.2. The van der Waals surface area contributed by atoms with Gasteiger partial charge in [0.25, 0.3) is 0 Å². The fourth-order valence-corrected chi connectivity index (χ4v) is 2.63. The van der Waals surface area contributed by atoms with E-state index in [1.54, 1.807) is 31.5 Å². The normalized spacial score (nSPS) is 10.8. The Morgan fingerprint density at radius 2 is 1.96 bits per heavy atom. The minimum atomic E-state index is -0.520. The van der Waals surface area contributed by atoms with E-state index in [-0.39, 0.29) is 22.6 Å². The lowest BCUT2D eigenvalue weighted by molar-refractivity contribution is 0.143. The Hall–Kier alpha value is -2.65. The summed E-state index contributed by atoms with van der Waals surface area (Å²) in [6, 6.07) is 7.73. The third-order valence-electron chi connectivity index (χ3n) is 3.65. The number of aromatic hydroxyl groups is 1. The number of nitrogens with one attached hydrogen (secondary N) is 1. The summed E-state index contributed by atoms with van der Waals surface area (Å²) in [7, 11) is 1.58. The molecule has 142 valence electrons. The summed E-state index contributed by atoms with van der Waals surface area (Å²) in [6.07, 6.45) is 1.58. The van der Waals surface area contributed by atoms with Crippen LogP contribution in [0, 0.1) is 5.82 Å². The third-order valence-corrected chi connectivity index (χ3v) is 4.29. The van der Waals surface area contributed by atoms with Crippen LogP contribution < -0.4 is 14.8 Å². The Morgan fingerprint density at radius 1 is 1.15 bits per heavy atom. The van der Waals surface area contributed by atoms with Crippen LogP contribution in [0.3, 0.4) is 0 Å². The molecule has 0 fully saturated rings. The van der Waals surface area contributed by atoms with Gasteiger partial charge in [0, 0.05) is 24.6 Å². The minimum Gasteiger partial charge on any atom is -0.507 e. The van der Waals surface area contributed by atoms with Gasteiger partial charge < -0.3 is 24.6 Å². The molecule has 0 aliphatic heterocycles. The van der Waals surface area contributed by atoms with Crippen molar-refractivity contribution in [2.75, 3.05) is 32.4 Å². The summed E-state index contributed by atoms with van der Waals surface area (Å²) in [4.78, 5) is 0. The molecule has 0 saturated carbocycles. The first-order chi connectivity index (χ1) is 13.1. The van der Waals surface area contributed by atoms with Gasteiger partial charge in [-0.25, -0.2) is 4.39 Å². The molecule has 1 aromatic heterocycles. The fraction of sp³-hybridized carbons (Fsp3) is 0.222. The predicted octanol–water partition coefficient (Wildman–Crippen LogP) is 3.71. The molecule has 0 spiro atoms. The maximum absolute atomic E-state index is 13.9. The number of aromatic nitrogens is 2. The van der Waals surface area contributed by atoms with E-state index in [2.05, 4.69) is 31.4 Å². The van der Waals surface area contributed by atoms with Crippen molar-refractivity contribution < 1.29 is 23.7 Å². The third kappa shape index (κ3) is 4.75. The van der Waals surface area contributed by atoms with E-state index < -0.39 is 5.82 Å². The lowest BCUT2D eigenvalue weighted by Gasteiger charge is -2.15. The van der Waals surface area contributed by atoms with Crippen LogP contribution in [0.2, 0.25) is 0 Å². The number of phenols is 1. The second-order valence-corrected chi connectivity index (χ2v) is 6.33. The first-order valence-electron chi connectivity index (χ1n) is 8.00. The van der Waals surface area contributed by atoms with E-state index in [4.69, 9.17) is 14.2 Å². The van der Waals surface area contributed by atoms with Gasteiger partial charge in [0.05, 0.1) is 28.5 Å². The second kappa shape index (κ2) is 8.83. The van der Waals surface area contributed by atoms with Crippen molar-refractivity contribution in [1.82, 2.24) is 10.2 Å². The van der Waals surface area contributed by atoms with Gasteiger partial charge >= 0.3 is 0 Å². The van der Waals surface area contributed by atoms with Crippen LogP contribution >= 0.6 is 15.9 Å². The molecule has 0 amide bonds. The van der Waals surface area contributed by atoms with E-state index in [1.165, 1.54) is 12.1 Å². The highest BCUT2D eigenvalue weighted by Gasteiger charge is 2.11. The molecule has 0 atom stereocenters. The Morgan fingerprint density at radius 3 is 2.78 bits per heavy atom. The molecule has 3 rings (SSSR count). The van der Waals surface area contributed by atoms with Crippen LogP contribution in [0.25, 0.3) is 10.9 Å². The monoisotopic (exact) mass is 437 g/mol. The number of methoxy groups -OCH3 is 1. The van der Waals surface area contributed by atoms with Gasteiger partial charge in [-0.3, -0.25) is 0 Å². The van der Waals surface area contributed by atoms with Gasteiger partial charge in [-0.05, 0) is 34.1 Å². The summed E-state index contributed by atoms with van der Waals surface area (Å²) in [5.41, 5.74) is 0.776. The van der Waals surface area contributed by atoms with Crippen LogP contribution in [0.15, 0.2) is 41.0 Å². The largest absolute Gasteiger partial charge is 0.507 e. The van der Waals surface area contributed by atoms with Crippen molar-refractivity contribution >= 4 is 32.5 Å². The van der Waals surface area contributed by atoms with Crippen LogP contribution in [-0.4, -0.2) is 42.4 Å². The zero-order valence-electron chi connectivity index (χ0n) is 14.4. The average Bonchev–Trinajstić information content (AvgIpc) is 2.66. The number of rotatable bonds is 8. The molecule has 0 radical (unpaired) electrons. The fourth-order valence-electron chi connectivity index (χ4n) is 2.32. The molecule has 0 aliphatic rings. The van der Waals surface area contributed by atoms with Crippen molar-refractivity contribution in [3.8, 4) is 17.2 Å². The molecule has 7 nitrogen and oxygen atoms in total. The molecule has 2 aromatic carbocycles. The van der Waals surface area contributed by atoms with E-state index in [0.29, 0.717) is 30.2 Å². The van der Waals surface area contributed by atoms with Gasteiger partial charge in [0.15, 0.2) is 18.2 Å². The SMILES string of the molecule is COCCOc1cc2nnccc2cc1OCNc1cc(O)c(Br)cc1F. The maximum Gasteiger partial charge on any atom is 0.164 e. The second-order valence-electron chi connectivity index (χ2n) is 5.48. The summed E-state index contributed by atoms with van der Waals surface area (Å²) in [5.74, 6) is 0.335. The lowest BCUT2D eigenvalue weighted by Crippen LogP contribution is -2.12. The zero-order valence-corrected chi connectivity index (χ0v) is 16.0. The highest BCUT2D eigenvalue weighted by molar-refractivity contribution is 9.10. The number of fused-ring (bicyclic) bond motifs is 1. The smallest absolute Gasteiger partial charge is 0.164 e. The van der Waals surface area contributed by atoms with Gasteiger partial charge in [-0.1, -0.05) is 0 Å². The number of halogens is 2. The van der Waals surface area contributed by atoms with Crippen LogP contribution in [0.4, 0.5) is 10.1 Å². The molecule has 27 heavy (non-hydrogen) atoms. The van der Waals surface area contributed by atoms with Crippen LogP contribution in [0.5, 0.6) is 17.2 Å². The Labute approximate surface area is 163 Å². The number of benzene rings is 2. The topological polar surface area (TPSA) is 85.7 Å². The first-order valence-corrected chi connectivity index (χ1v) is 8.79. The van der Waals surface area contributed by atoms with Gasteiger partial charge in [0.1, 0.15) is 18.2 Å². The Bertz CT molecular complexity index is 942. The number of ether oxygens (including phenoxy) is 3. The molecular weight excluding hydrogens is 421 g/mol. The Kier molecular flexibility index (Phi) is 6.25. The van der Waals surface area contributed by atoms with E-state index in [0.717, 1.165) is 5.39 Å². The molecule has 0 unspecified atom stereocenters. The minimum absolute atomic E-state index is 0.0390. The first kappa shape index (κ1) is 19.1. The maximum atomic E-state index is 13.9. The van der Waals surface area contributed by atoms with Gasteiger partial charge in [0.2, 0.25) is 0 Å². The summed E-state index contributed by atoms with van der Waals surface area (Å²) in [6.45, 7) is 0.712. The molecule has 9 heteroatoms. The highest BCUT2D eigenvalue weighted by atomic mass is 79.9. The summed E-state index contributed by atoms with van der Waals surface area (Å²) < 4.78 is 30.6. The highest BCUT2D eigenvalue weighted by Crippen LogP contribution is 2.32. The van der Waals surface area contributed by atoms with Crippen molar-refractivity contribution in [3.63, 3.8) is 0 Å². The molecular formula is C18H17BrFN3O4. The predicted molar refractivity (Wildman–Crippen MR) is 102 cm³/mol. The zero-order chi connectivity index (χ0) is 19.2. The van der Waals surface area contributed by atoms with E-state index in [1.807, 2.05) is 0 Å². The van der Waals surface area contributed by atoms with Crippen molar-refractivity contribution in [2.45, 2.75) is 0 Å². The molecule has 0 aliphatic carbocycles. The van der Waals surface area contributed by atoms with Crippen molar-refractivity contribution in [2.24, 2.45) is 0 Å².